The number of allylic oxidation sites excluding steroid dienone is 1. The summed E-state index contributed by atoms with van der Waals surface area (Å²) >= 11 is 0. The van der Waals surface area contributed by atoms with Gasteiger partial charge in [0.2, 0.25) is 0 Å². The van der Waals surface area contributed by atoms with Gasteiger partial charge in [-0.2, -0.15) is 0 Å². The topological polar surface area (TPSA) is 77.8 Å². The van der Waals surface area contributed by atoms with Gasteiger partial charge in [0.05, 0.1) is 12.2 Å². The van der Waals surface area contributed by atoms with Gasteiger partial charge in [0.15, 0.2) is 0 Å². The summed E-state index contributed by atoms with van der Waals surface area (Å²) < 4.78 is 0. The second kappa shape index (κ2) is 8.28. The number of hydrogen-bond donors (Lipinski definition) is 3. The minimum absolute atomic E-state index is 0.0149. The van der Waals surface area contributed by atoms with Crippen molar-refractivity contribution in [1.82, 2.24) is 0 Å². The third-order valence-corrected chi connectivity index (χ3v) is 11.7. The molecule has 3 N–H and O–H groups in total. The molecule has 0 spiro atoms. The molecule has 0 aromatic heterocycles. The van der Waals surface area contributed by atoms with E-state index in [4.69, 9.17) is 0 Å². The van der Waals surface area contributed by atoms with Gasteiger partial charge in [-0.3, -0.25) is 4.79 Å². The van der Waals surface area contributed by atoms with Gasteiger partial charge < -0.3 is 15.3 Å². The number of ketones is 1. The van der Waals surface area contributed by atoms with Crippen molar-refractivity contribution in [2.24, 2.45) is 39.4 Å². The first-order valence-corrected chi connectivity index (χ1v) is 13.6. The number of carbonyl (C=O) groups is 1. The van der Waals surface area contributed by atoms with Crippen LogP contribution in [-0.4, -0.2) is 39.4 Å². The number of rotatable bonds is 5. The van der Waals surface area contributed by atoms with E-state index in [1.807, 2.05) is 0 Å². The van der Waals surface area contributed by atoms with Crippen molar-refractivity contribution in [1.29, 1.82) is 0 Å². The number of fused-ring (bicyclic) bond motifs is 5. The first-order valence-electron chi connectivity index (χ1n) is 13.6. The van der Waals surface area contributed by atoms with Crippen LogP contribution in [-0.2, 0) is 4.79 Å². The van der Waals surface area contributed by atoms with Crippen LogP contribution in [0.1, 0.15) is 99.8 Å². The molecule has 0 aliphatic heterocycles. The molecule has 0 radical (unpaired) electrons. The molecule has 4 aliphatic carbocycles. The van der Waals surface area contributed by atoms with Crippen molar-refractivity contribution < 1.29 is 20.1 Å². The highest BCUT2D eigenvalue weighted by atomic mass is 16.3. The predicted molar refractivity (Wildman–Crippen MR) is 136 cm³/mol. The fraction of sp³-hybridized carbons (Fsp3) is 0.833. The molecule has 4 heteroatoms. The van der Waals surface area contributed by atoms with E-state index in [1.54, 1.807) is 6.92 Å². The zero-order chi connectivity index (χ0) is 25.4. The Morgan fingerprint density at radius 1 is 1.09 bits per heavy atom. The second-order valence-corrected chi connectivity index (χ2v) is 13.7. The lowest BCUT2D eigenvalue weighted by Crippen LogP contribution is -2.65. The molecule has 4 unspecified atom stereocenters. The highest BCUT2D eigenvalue weighted by Crippen LogP contribution is 2.74. The molecule has 192 valence electrons. The standard InChI is InChI=1S/C30H48O4/c1-17(2)25(34)21(31)15-18(3)19-9-13-29(7)20(19)16-22(32)26-28(6)12-11-24(33)27(4,5)23(28)10-14-30(26,29)8/h18,21-23,25-26,31-32,34H,1,9-16H2,2-8H3/t18?,21-,22?,23-,25-,26?,28-,29-,30?/m0/s1. The van der Waals surface area contributed by atoms with Crippen LogP contribution < -0.4 is 0 Å². The number of aliphatic hydroxyl groups is 3. The minimum Gasteiger partial charge on any atom is -0.392 e. The molecule has 4 aliphatic rings. The van der Waals surface area contributed by atoms with Gasteiger partial charge in [0.1, 0.15) is 11.9 Å². The van der Waals surface area contributed by atoms with Gasteiger partial charge >= 0.3 is 0 Å². The lowest BCUT2D eigenvalue weighted by molar-refractivity contribution is -0.208. The Bertz CT molecular complexity index is 901. The number of hydrogen-bond acceptors (Lipinski definition) is 4. The Labute approximate surface area is 206 Å². The van der Waals surface area contributed by atoms with Crippen LogP contribution in [0.5, 0.6) is 0 Å². The van der Waals surface area contributed by atoms with Crippen molar-refractivity contribution in [2.45, 2.75) is 118 Å². The van der Waals surface area contributed by atoms with Crippen molar-refractivity contribution in [3.8, 4) is 0 Å². The van der Waals surface area contributed by atoms with E-state index in [1.165, 1.54) is 11.1 Å². The summed E-state index contributed by atoms with van der Waals surface area (Å²) in [4.78, 5) is 12.9. The highest BCUT2D eigenvalue weighted by Gasteiger charge is 2.69. The van der Waals surface area contributed by atoms with Crippen LogP contribution >= 0.6 is 0 Å². The summed E-state index contributed by atoms with van der Waals surface area (Å²) in [5.74, 6) is 1.06. The van der Waals surface area contributed by atoms with Crippen LogP contribution in [0.2, 0.25) is 0 Å². The fourth-order valence-corrected chi connectivity index (χ4v) is 9.63. The Morgan fingerprint density at radius 3 is 2.35 bits per heavy atom. The molecule has 34 heavy (non-hydrogen) atoms. The van der Waals surface area contributed by atoms with Crippen LogP contribution in [0.25, 0.3) is 0 Å². The lowest BCUT2D eigenvalue weighted by Gasteiger charge is -2.69. The van der Waals surface area contributed by atoms with E-state index in [0.717, 1.165) is 32.1 Å². The normalized spacial score (nSPS) is 44.1. The van der Waals surface area contributed by atoms with Gasteiger partial charge in [0, 0.05) is 11.8 Å². The molecule has 0 aromatic rings. The molecular weight excluding hydrogens is 424 g/mol. The molecule has 0 amide bonds. The molecule has 4 nitrogen and oxygen atoms in total. The zero-order valence-electron chi connectivity index (χ0n) is 22.6. The maximum absolute atomic E-state index is 12.9. The molecule has 9 atom stereocenters. The molecular formula is C30H48O4. The summed E-state index contributed by atoms with van der Waals surface area (Å²) in [6.45, 7) is 19.2. The van der Waals surface area contributed by atoms with Crippen LogP contribution in [0.15, 0.2) is 23.3 Å². The van der Waals surface area contributed by atoms with E-state index >= 15 is 0 Å². The summed E-state index contributed by atoms with van der Waals surface area (Å²) in [6.07, 6.45) is 4.79. The largest absolute Gasteiger partial charge is 0.392 e. The molecule has 3 saturated carbocycles. The summed E-state index contributed by atoms with van der Waals surface area (Å²) in [7, 11) is 0. The first-order chi connectivity index (χ1) is 15.6. The van der Waals surface area contributed by atoms with E-state index in [0.29, 0.717) is 36.5 Å². The third-order valence-electron chi connectivity index (χ3n) is 11.7. The van der Waals surface area contributed by atoms with Crippen LogP contribution in [0.4, 0.5) is 0 Å². The van der Waals surface area contributed by atoms with Gasteiger partial charge in [-0.15, -0.1) is 0 Å². The fourth-order valence-electron chi connectivity index (χ4n) is 9.63. The van der Waals surface area contributed by atoms with E-state index in [9.17, 15) is 20.1 Å². The number of carbonyl (C=O) groups excluding carboxylic acids is 1. The summed E-state index contributed by atoms with van der Waals surface area (Å²) in [5, 5.41) is 32.7. The molecule has 0 saturated heterocycles. The molecule has 3 fully saturated rings. The van der Waals surface area contributed by atoms with Crippen molar-refractivity contribution >= 4 is 5.78 Å². The Balaban J connectivity index is 1.69. The zero-order valence-corrected chi connectivity index (χ0v) is 22.6. The van der Waals surface area contributed by atoms with Gasteiger partial charge in [-0.05, 0) is 91.4 Å². The Morgan fingerprint density at radius 2 is 1.74 bits per heavy atom. The smallest absolute Gasteiger partial charge is 0.138 e. The van der Waals surface area contributed by atoms with Gasteiger partial charge in [-0.25, -0.2) is 0 Å². The van der Waals surface area contributed by atoms with Crippen molar-refractivity contribution in [3.63, 3.8) is 0 Å². The molecule has 0 bridgehead atoms. The second-order valence-electron chi connectivity index (χ2n) is 13.7. The monoisotopic (exact) mass is 472 g/mol. The third kappa shape index (κ3) is 3.45. The van der Waals surface area contributed by atoms with E-state index in [2.05, 4.69) is 48.1 Å². The van der Waals surface area contributed by atoms with E-state index < -0.39 is 18.3 Å². The van der Waals surface area contributed by atoms with Crippen LogP contribution in [0.3, 0.4) is 0 Å². The Kier molecular flexibility index (Phi) is 6.36. The summed E-state index contributed by atoms with van der Waals surface area (Å²) in [5.41, 5.74) is 3.06. The quantitative estimate of drug-likeness (QED) is 0.455. The minimum atomic E-state index is -0.896. The maximum Gasteiger partial charge on any atom is 0.138 e. The predicted octanol–water partition coefficient (Wildman–Crippen LogP) is 5.60. The highest BCUT2D eigenvalue weighted by molar-refractivity contribution is 5.85. The summed E-state index contributed by atoms with van der Waals surface area (Å²) in [6, 6.07) is 0. The SMILES string of the molecule is C=C(C)[C@H](O)[C@@H](O)CC(C)C1=C2CC(O)C3C(C)(CC[C@H]4C(C)(C)C(=O)CC[C@]34C)[C@@]2(C)CC1. The molecule has 0 heterocycles. The van der Waals surface area contributed by atoms with Gasteiger partial charge in [0.25, 0.3) is 0 Å². The first kappa shape index (κ1) is 26.1. The maximum atomic E-state index is 12.9. The molecule has 0 aromatic carbocycles. The lowest BCUT2D eigenvalue weighted by atomic mass is 9.36. The van der Waals surface area contributed by atoms with Gasteiger partial charge in [-0.1, -0.05) is 59.3 Å². The van der Waals surface area contributed by atoms with Crippen molar-refractivity contribution in [3.05, 3.63) is 23.3 Å². The molecule has 4 rings (SSSR count). The average molecular weight is 473 g/mol. The average Bonchev–Trinajstić information content (AvgIpc) is 3.08. The van der Waals surface area contributed by atoms with Crippen molar-refractivity contribution in [2.75, 3.05) is 0 Å². The number of aliphatic hydroxyl groups excluding tert-OH is 3. The van der Waals surface area contributed by atoms with Crippen LogP contribution in [0, 0.1) is 39.4 Å². The Hall–Kier alpha value is -0.970. The van der Waals surface area contributed by atoms with E-state index in [-0.39, 0.29) is 33.5 Å². The number of Topliss-reactive ketones (excluding diaryl/α,β-unsaturated/α-hetero) is 1.